The number of hydrazone groups is 1. The van der Waals surface area contributed by atoms with E-state index in [1.54, 1.807) is 29.1 Å². The summed E-state index contributed by atoms with van der Waals surface area (Å²) in [5.41, 5.74) is 5.29. The summed E-state index contributed by atoms with van der Waals surface area (Å²) in [6.45, 7) is 0.797. The predicted octanol–water partition coefficient (Wildman–Crippen LogP) is 4.18. The maximum absolute atomic E-state index is 12.4. The van der Waals surface area contributed by atoms with E-state index in [-0.39, 0.29) is 11.4 Å². The Morgan fingerprint density at radius 3 is 2.50 bits per heavy atom. The Labute approximate surface area is 195 Å². The SMILES string of the molecule is O=C(N/N=C/c1ccccc1OCc1ccccc1)c1ccn(Cc2ccc([N+](=O)[O-])cc2)n1. The second-order valence-electron chi connectivity index (χ2n) is 7.33. The third kappa shape index (κ3) is 5.92. The highest BCUT2D eigenvalue weighted by Crippen LogP contribution is 2.17. The third-order valence-electron chi connectivity index (χ3n) is 4.89. The normalized spacial score (nSPS) is 10.8. The minimum absolute atomic E-state index is 0.0224. The highest BCUT2D eigenvalue weighted by atomic mass is 16.6. The third-order valence-corrected chi connectivity index (χ3v) is 4.89. The van der Waals surface area contributed by atoms with Crippen LogP contribution in [0.2, 0.25) is 0 Å². The van der Waals surface area contributed by atoms with E-state index in [4.69, 9.17) is 4.74 Å². The van der Waals surface area contributed by atoms with E-state index in [0.29, 0.717) is 18.9 Å². The monoisotopic (exact) mass is 455 g/mol. The number of ether oxygens (including phenoxy) is 1. The number of rotatable bonds is 9. The summed E-state index contributed by atoms with van der Waals surface area (Å²) >= 11 is 0. The van der Waals surface area contributed by atoms with Gasteiger partial charge in [-0.1, -0.05) is 54.6 Å². The number of aromatic nitrogens is 2. The van der Waals surface area contributed by atoms with Gasteiger partial charge in [0.1, 0.15) is 12.4 Å². The van der Waals surface area contributed by atoms with Crippen molar-refractivity contribution >= 4 is 17.8 Å². The number of nitrogens with one attached hydrogen (secondary N) is 1. The quantitative estimate of drug-likeness (QED) is 0.231. The molecule has 170 valence electrons. The van der Waals surface area contributed by atoms with Gasteiger partial charge in [-0.05, 0) is 29.3 Å². The number of non-ortho nitro benzene ring substituents is 1. The van der Waals surface area contributed by atoms with Gasteiger partial charge in [0, 0.05) is 23.9 Å². The zero-order valence-corrected chi connectivity index (χ0v) is 18.1. The zero-order chi connectivity index (χ0) is 23.8. The van der Waals surface area contributed by atoms with Gasteiger partial charge in [-0.25, -0.2) is 5.43 Å². The van der Waals surface area contributed by atoms with Crippen LogP contribution in [0.1, 0.15) is 27.2 Å². The molecule has 0 unspecified atom stereocenters. The lowest BCUT2D eigenvalue weighted by Crippen LogP contribution is -2.18. The fourth-order valence-electron chi connectivity index (χ4n) is 3.15. The second kappa shape index (κ2) is 10.7. The molecule has 0 bridgehead atoms. The van der Waals surface area contributed by atoms with Crippen LogP contribution in [-0.2, 0) is 13.2 Å². The average Bonchev–Trinajstić information content (AvgIpc) is 3.33. The van der Waals surface area contributed by atoms with Gasteiger partial charge >= 0.3 is 0 Å². The molecule has 0 fully saturated rings. The molecule has 0 aliphatic carbocycles. The van der Waals surface area contributed by atoms with Crippen LogP contribution >= 0.6 is 0 Å². The van der Waals surface area contributed by atoms with Crippen molar-refractivity contribution in [1.82, 2.24) is 15.2 Å². The van der Waals surface area contributed by atoms with Crippen molar-refractivity contribution in [2.24, 2.45) is 5.10 Å². The lowest BCUT2D eigenvalue weighted by molar-refractivity contribution is -0.384. The fraction of sp³-hybridized carbons (Fsp3) is 0.0800. The molecule has 1 heterocycles. The number of amides is 1. The summed E-state index contributed by atoms with van der Waals surface area (Å²) < 4.78 is 7.46. The van der Waals surface area contributed by atoms with Crippen molar-refractivity contribution in [2.45, 2.75) is 13.2 Å². The molecule has 0 aliphatic heterocycles. The van der Waals surface area contributed by atoms with Crippen molar-refractivity contribution in [2.75, 3.05) is 0 Å². The maximum Gasteiger partial charge on any atom is 0.291 e. The van der Waals surface area contributed by atoms with Crippen LogP contribution in [0.15, 0.2) is 96.2 Å². The largest absolute Gasteiger partial charge is 0.488 e. The fourth-order valence-corrected chi connectivity index (χ4v) is 3.15. The molecular weight excluding hydrogens is 434 g/mol. The Balaban J connectivity index is 1.34. The molecule has 1 aromatic heterocycles. The summed E-state index contributed by atoms with van der Waals surface area (Å²) in [5, 5.41) is 19.0. The molecule has 3 aromatic carbocycles. The Morgan fingerprint density at radius 2 is 1.74 bits per heavy atom. The highest BCUT2D eigenvalue weighted by Gasteiger charge is 2.10. The molecule has 9 heteroatoms. The van der Waals surface area contributed by atoms with Crippen LogP contribution < -0.4 is 10.2 Å². The molecule has 4 aromatic rings. The zero-order valence-electron chi connectivity index (χ0n) is 18.1. The number of hydrogen-bond donors (Lipinski definition) is 1. The van der Waals surface area contributed by atoms with E-state index in [0.717, 1.165) is 16.7 Å². The maximum atomic E-state index is 12.4. The molecule has 9 nitrogen and oxygen atoms in total. The van der Waals surface area contributed by atoms with Gasteiger partial charge in [0.15, 0.2) is 5.69 Å². The number of nitro benzene ring substituents is 1. The molecule has 1 N–H and O–H groups in total. The Bertz CT molecular complexity index is 1300. The van der Waals surface area contributed by atoms with E-state index >= 15 is 0 Å². The molecule has 34 heavy (non-hydrogen) atoms. The van der Waals surface area contributed by atoms with Crippen molar-refractivity contribution in [3.8, 4) is 5.75 Å². The standard InChI is InChI=1S/C25H21N5O4/c31-25(23-14-15-29(28-23)17-19-10-12-22(13-11-19)30(32)33)27-26-16-21-8-4-5-9-24(21)34-18-20-6-2-1-3-7-20/h1-16H,17-18H2,(H,27,31)/b26-16+. The summed E-state index contributed by atoms with van der Waals surface area (Å²) in [7, 11) is 0. The predicted molar refractivity (Wildman–Crippen MR) is 127 cm³/mol. The van der Waals surface area contributed by atoms with Crippen LogP contribution in [0.25, 0.3) is 0 Å². The number of nitro groups is 1. The minimum atomic E-state index is -0.457. The van der Waals surface area contributed by atoms with Crippen molar-refractivity contribution < 1.29 is 14.5 Å². The summed E-state index contributed by atoms with van der Waals surface area (Å²) in [4.78, 5) is 22.7. The minimum Gasteiger partial charge on any atom is -0.488 e. The number of nitrogens with zero attached hydrogens (tertiary/aromatic N) is 4. The van der Waals surface area contributed by atoms with Gasteiger partial charge in [0.25, 0.3) is 11.6 Å². The van der Waals surface area contributed by atoms with Crippen molar-refractivity contribution in [3.63, 3.8) is 0 Å². The van der Waals surface area contributed by atoms with Crippen LogP contribution in [0.5, 0.6) is 5.75 Å². The van der Waals surface area contributed by atoms with Crippen LogP contribution in [0.4, 0.5) is 5.69 Å². The van der Waals surface area contributed by atoms with E-state index < -0.39 is 10.8 Å². The van der Waals surface area contributed by atoms with Crippen molar-refractivity contribution in [1.29, 1.82) is 0 Å². The van der Waals surface area contributed by atoms with Crippen LogP contribution in [-0.4, -0.2) is 26.8 Å². The van der Waals surface area contributed by atoms with E-state index in [9.17, 15) is 14.9 Å². The summed E-state index contributed by atoms with van der Waals surface area (Å²) in [5.74, 6) is 0.193. The first-order valence-corrected chi connectivity index (χ1v) is 10.4. The number of para-hydroxylation sites is 1. The second-order valence-corrected chi connectivity index (χ2v) is 7.33. The molecule has 0 saturated carbocycles. The molecule has 1 amide bonds. The van der Waals surface area contributed by atoms with Gasteiger partial charge in [0.05, 0.1) is 17.7 Å². The van der Waals surface area contributed by atoms with Gasteiger partial charge in [-0.3, -0.25) is 19.6 Å². The molecule has 4 rings (SSSR count). The van der Waals surface area contributed by atoms with Gasteiger partial charge in [0.2, 0.25) is 0 Å². The lowest BCUT2D eigenvalue weighted by atomic mass is 10.2. The Morgan fingerprint density at radius 1 is 1.00 bits per heavy atom. The number of benzene rings is 3. The van der Waals surface area contributed by atoms with Crippen molar-refractivity contribution in [3.05, 3.63) is 124 Å². The molecule has 0 saturated heterocycles. The molecular formula is C25H21N5O4. The molecule has 0 aliphatic rings. The summed E-state index contributed by atoms with van der Waals surface area (Å²) in [6.07, 6.45) is 3.18. The highest BCUT2D eigenvalue weighted by molar-refractivity contribution is 5.93. The Kier molecular flexibility index (Phi) is 7.04. The topological polar surface area (TPSA) is 112 Å². The van der Waals surface area contributed by atoms with E-state index in [2.05, 4.69) is 15.6 Å². The number of carbonyl (C=O) groups is 1. The smallest absolute Gasteiger partial charge is 0.291 e. The summed E-state index contributed by atoms with van der Waals surface area (Å²) in [6, 6.07) is 25.0. The molecule has 0 radical (unpaired) electrons. The average molecular weight is 455 g/mol. The first-order valence-electron chi connectivity index (χ1n) is 10.4. The first-order chi connectivity index (χ1) is 16.6. The van der Waals surface area contributed by atoms with Crippen LogP contribution in [0, 0.1) is 10.1 Å². The molecule has 0 spiro atoms. The van der Waals surface area contributed by atoms with Gasteiger partial charge in [-0.2, -0.15) is 10.2 Å². The number of hydrogen-bond acceptors (Lipinski definition) is 6. The first kappa shape index (κ1) is 22.4. The van der Waals surface area contributed by atoms with E-state index in [1.165, 1.54) is 18.3 Å². The van der Waals surface area contributed by atoms with Crippen LogP contribution in [0.3, 0.4) is 0 Å². The lowest BCUT2D eigenvalue weighted by Gasteiger charge is -2.08. The van der Waals surface area contributed by atoms with Gasteiger partial charge in [-0.15, -0.1) is 0 Å². The van der Waals surface area contributed by atoms with Gasteiger partial charge < -0.3 is 4.74 Å². The Hall–Kier alpha value is -4.79. The number of carbonyl (C=O) groups excluding carboxylic acids is 1. The van der Waals surface area contributed by atoms with E-state index in [1.807, 2.05) is 54.6 Å². The molecule has 0 atom stereocenters.